The van der Waals surface area contributed by atoms with Crippen LogP contribution in [-0.2, 0) is 16.6 Å². The van der Waals surface area contributed by atoms with Crippen molar-refractivity contribution in [1.29, 1.82) is 0 Å². The van der Waals surface area contributed by atoms with Gasteiger partial charge in [0.05, 0.1) is 0 Å². The summed E-state index contributed by atoms with van der Waals surface area (Å²) >= 11 is 0. The second-order valence-corrected chi connectivity index (χ2v) is 4.83. The van der Waals surface area contributed by atoms with Crippen molar-refractivity contribution in [1.82, 2.24) is 15.5 Å². The maximum absolute atomic E-state index is 11.2. The number of primary sulfonamides is 1. The Morgan fingerprint density at radius 2 is 2.20 bits per heavy atom. The third-order valence-corrected chi connectivity index (χ3v) is 2.91. The van der Waals surface area contributed by atoms with Gasteiger partial charge in [-0.05, 0) is 19.9 Å². The lowest BCUT2D eigenvalue weighted by Gasteiger charge is -2.03. The number of nitrogens with one attached hydrogen (secondary N) is 2. The fourth-order valence-corrected chi connectivity index (χ4v) is 2.01. The number of H-pyrrole nitrogens is 1. The third kappa shape index (κ3) is 3.01. The van der Waals surface area contributed by atoms with E-state index in [1.54, 1.807) is 6.92 Å². The first-order chi connectivity index (χ1) is 6.96. The smallest absolute Gasteiger partial charge is 0.257 e. The first kappa shape index (κ1) is 12.2. The van der Waals surface area contributed by atoms with Crippen LogP contribution < -0.4 is 10.5 Å². The second kappa shape index (κ2) is 4.73. The van der Waals surface area contributed by atoms with Gasteiger partial charge < -0.3 is 5.32 Å². The highest BCUT2D eigenvalue weighted by Crippen LogP contribution is 2.14. The molecular formula is C8H16N4O2S. The maximum atomic E-state index is 11.2. The van der Waals surface area contributed by atoms with Gasteiger partial charge in [-0.1, -0.05) is 6.92 Å². The van der Waals surface area contributed by atoms with Crippen LogP contribution >= 0.6 is 0 Å². The van der Waals surface area contributed by atoms with Crippen molar-refractivity contribution in [2.24, 2.45) is 5.14 Å². The molecule has 15 heavy (non-hydrogen) atoms. The Morgan fingerprint density at radius 1 is 1.53 bits per heavy atom. The fourth-order valence-electron chi connectivity index (χ4n) is 1.26. The van der Waals surface area contributed by atoms with Crippen molar-refractivity contribution in [3.63, 3.8) is 0 Å². The van der Waals surface area contributed by atoms with Crippen LogP contribution in [0.2, 0.25) is 0 Å². The first-order valence-electron chi connectivity index (χ1n) is 4.74. The van der Waals surface area contributed by atoms with Gasteiger partial charge in [0, 0.05) is 17.8 Å². The summed E-state index contributed by atoms with van der Waals surface area (Å²) in [6, 6.07) is 0. The standard InChI is InChI=1S/C8H16N4O2S/c1-3-4-10-5-7-6(2)11-12-8(7)15(9,13)14/h10H,3-5H2,1-2H3,(H,11,12)(H2,9,13,14). The van der Waals surface area contributed by atoms with Crippen molar-refractivity contribution >= 4 is 10.0 Å². The summed E-state index contributed by atoms with van der Waals surface area (Å²) in [6.07, 6.45) is 0.988. The number of nitrogens with two attached hydrogens (primary N) is 1. The maximum Gasteiger partial charge on any atom is 0.257 e. The third-order valence-electron chi connectivity index (χ3n) is 2.03. The van der Waals surface area contributed by atoms with Crippen molar-refractivity contribution in [2.45, 2.75) is 31.8 Å². The first-order valence-corrected chi connectivity index (χ1v) is 6.28. The molecule has 0 fully saturated rings. The van der Waals surface area contributed by atoms with Gasteiger partial charge in [-0.15, -0.1) is 0 Å². The van der Waals surface area contributed by atoms with E-state index in [9.17, 15) is 8.42 Å². The molecule has 4 N–H and O–H groups in total. The fraction of sp³-hybridized carbons (Fsp3) is 0.625. The zero-order valence-corrected chi connectivity index (χ0v) is 9.69. The molecule has 0 unspecified atom stereocenters. The monoisotopic (exact) mass is 232 g/mol. The van der Waals surface area contributed by atoms with E-state index in [0.29, 0.717) is 12.1 Å². The van der Waals surface area contributed by atoms with Crippen LogP contribution in [0.5, 0.6) is 0 Å². The molecule has 0 saturated carbocycles. The zero-order valence-electron chi connectivity index (χ0n) is 8.87. The molecule has 1 rings (SSSR count). The van der Waals surface area contributed by atoms with Crippen molar-refractivity contribution in [2.75, 3.05) is 6.54 Å². The van der Waals surface area contributed by atoms with Crippen LogP contribution in [0.25, 0.3) is 0 Å². The summed E-state index contributed by atoms with van der Waals surface area (Å²) in [5.74, 6) is 0. The summed E-state index contributed by atoms with van der Waals surface area (Å²) in [5, 5.41) is 14.4. The Kier molecular flexibility index (Phi) is 3.83. The summed E-state index contributed by atoms with van der Waals surface area (Å²) < 4.78 is 22.3. The van der Waals surface area contributed by atoms with Gasteiger partial charge >= 0.3 is 0 Å². The zero-order chi connectivity index (χ0) is 11.5. The molecule has 86 valence electrons. The average Bonchev–Trinajstić information content (AvgIpc) is 2.48. The van der Waals surface area contributed by atoms with E-state index >= 15 is 0 Å². The largest absolute Gasteiger partial charge is 0.313 e. The van der Waals surface area contributed by atoms with E-state index in [1.807, 2.05) is 6.92 Å². The lowest BCUT2D eigenvalue weighted by molar-refractivity contribution is 0.589. The predicted molar refractivity (Wildman–Crippen MR) is 56.7 cm³/mol. The van der Waals surface area contributed by atoms with Crippen LogP contribution in [0.1, 0.15) is 24.6 Å². The van der Waals surface area contributed by atoms with Crippen LogP contribution in [0.3, 0.4) is 0 Å². The Hall–Kier alpha value is -0.920. The van der Waals surface area contributed by atoms with E-state index in [1.165, 1.54) is 0 Å². The Bertz CT molecular complexity index is 424. The minimum absolute atomic E-state index is 0.0661. The molecule has 0 aliphatic carbocycles. The van der Waals surface area contributed by atoms with E-state index in [4.69, 9.17) is 5.14 Å². The molecule has 0 aliphatic heterocycles. The van der Waals surface area contributed by atoms with Crippen molar-refractivity contribution in [3.8, 4) is 0 Å². The molecule has 0 spiro atoms. The number of aromatic nitrogens is 2. The SMILES string of the molecule is CCCNCc1c(S(N)(=O)=O)n[nH]c1C. The normalized spacial score (nSPS) is 11.9. The molecule has 6 nitrogen and oxygen atoms in total. The molecular weight excluding hydrogens is 216 g/mol. The molecule has 0 atom stereocenters. The van der Waals surface area contributed by atoms with Gasteiger partial charge in [0.25, 0.3) is 10.0 Å². The molecule has 1 heterocycles. The van der Waals surface area contributed by atoms with Gasteiger partial charge in [0.1, 0.15) is 0 Å². The van der Waals surface area contributed by atoms with Gasteiger partial charge in [-0.2, -0.15) is 5.10 Å². The number of sulfonamides is 1. The van der Waals surface area contributed by atoms with Gasteiger partial charge in [-0.25, -0.2) is 13.6 Å². The molecule has 0 saturated heterocycles. The van der Waals surface area contributed by atoms with Gasteiger partial charge in [-0.3, -0.25) is 5.10 Å². The second-order valence-electron chi connectivity index (χ2n) is 3.35. The van der Waals surface area contributed by atoms with Gasteiger partial charge in [0.2, 0.25) is 0 Å². The van der Waals surface area contributed by atoms with Crippen LogP contribution in [0.4, 0.5) is 0 Å². The molecule has 0 amide bonds. The number of hydrogen-bond acceptors (Lipinski definition) is 4. The number of aryl methyl sites for hydroxylation is 1. The minimum atomic E-state index is -3.73. The van der Waals surface area contributed by atoms with Crippen LogP contribution in [0, 0.1) is 6.92 Å². The number of nitrogens with zero attached hydrogens (tertiary/aromatic N) is 1. The molecule has 0 aliphatic rings. The van der Waals surface area contributed by atoms with E-state index in [2.05, 4.69) is 15.5 Å². The molecule has 1 aromatic heterocycles. The topological polar surface area (TPSA) is 101 Å². The highest BCUT2D eigenvalue weighted by molar-refractivity contribution is 7.89. The predicted octanol–water partition coefficient (Wildman–Crippen LogP) is -0.135. The Labute approximate surface area is 89.3 Å². The highest BCUT2D eigenvalue weighted by Gasteiger charge is 2.19. The summed E-state index contributed by atoms with van der Waals surface area (Å²) in [6.45, 7) is 5.09. The Balaban J connectivity index is 2.90. The average molecular weight is 232 g/mol. The van der Waals surface area contributed by atoms with Gasteiger partial charge in [0.15, 0.2) is 5.03 Å². The lowest BCUT2D eigenvalue weighted by atomic mass is 10.2. The molecule has 0 radical (unpaired) electrons. The van der Waals surface area contributed by atoms with Crippen molar-refractivity contribution < 1.29 is 8.42 Å². The number of rotatable bonds is 5. The van der Waals surface area contributed by atoms with E-state index in [-0.39, 0.29) is 5.03 Å². The van der Waals surface area contributed by atoms with E-state index in [0.717, 1.165) is 18.7 Å². The molecule has 0 aromatic carbocycles. The molecule has 7 heteroatoms. The van der Waals surface area contributed by atoms with Crippen LogP contribution in [0.15, 0.2) is 5.03 Å². The Morgan fingerprint density at radius 3 is 2.73 bits per heavy atom. The lowest BCUT2D eigenvalue weighted by Crippen LogP contribution is -2.19. The number of aromatic amines is 1. The van der Waals surface area contributed by atoms with E-state index < -0.39 is 10.0 Å². The number of hydrogen-bond donors (Lipinski definition) is 3. The quantitative estimate of drug-likeness (QED) is 0.615. The summed E-state index contributed by atoms with van der Waals surface area (Å²) in [4.78, 5) is 0. The summed E-state index contributed by atoms with van der Waals surface area (Å²) in [7, 11) is -3.73. The highest BCUT2D eigenvalue weighted by atomic mass is 32.2. The summed E-state index contributed by atoms with van der Waals surface area (Å²) in [5.41, 5.74) is 1.34. The minimum Gasteiger partial charge on any atom is -0.313 e. The van der Waals surface area contributed by atoms with Crippen LogP contribution in [-0.4, -0.2) is 25.2 Å². The molecule has 1 aromatic rings. The molecule has 0 bridgehead atoms. The van der Waals surface area contributed by atoms with Crippen molar-refractivity contribution in [3.05, 3.63) is 11.3 Å².